The van der Waals surface area contributed by atoms with Crippen LogP contribution in [0.1, 0.15) is 44.7 Å². The van der Waals surface area contributed by atoms with Crippen molar-refractivity contribution >= 4 is 0 Å². The monoisotopic (exact) mass is 277 g/mol. The quantitative estimate of drug-likeness (QED) is 0.807. The van der Waals surface area contributed by atoms with Crippen molar-refractivity contribution in [3.8, 4) is 0 Å². The van der Waals surface area contributed by atoms with Crippen LogP contribution >= 0.6 is 0 Å². The van der Waals surface area contributed by atoms with Gasteiger partial charge in [-0.05, 0) is 30.5 Å². The van der Waals surface area contributed by atoms with E-state index in [1.54, 1.807) is 0 Å². The van der Waals surface area contributed by atoms with Gasteiger partial charge >= 0.3 is 6.18 Å². The molecule has 0 fully saturated rings. The summed E-state index contributed by atoms with van der Waals surface area (Å²) in [6, 6.07) is 3.44. The number of benzene rings is 1. The van der Waals surface area contributed by atoms with Gasteiger partial charge in [-0.3, -0.25) is 0 Å². The minimum atomic E-state index is -4.65. The van der Waals surface area contributed by atoms with Crippen LogP contribution in [0, 0.1) is 5.82 Å². The number of nitrogens with one attached hydrogen (secondary N) is 1. The van der Waals surface area contributed by atoms with Crippen molar-refractivity contribution in [2.45, 2.75) is 51.9 Å². The fourth-order valence-corrected chi connectivity index (χ4v) is 2.00. The first-order chi connectivity index (χ1) is 8.62. The largest absolute Gasteiger partial charge is 0.419 e. The molecule has 0 saturated carbocycles. The molecule has 1 nitrogen and oxygen atoms in total. The second-order valence-electron chi connectivity index (χ2n) is 5.14. The minimum absolute atomic E-state index is 0.0520. The Labute approximate surface area is 111 Å². The maximum atomic E-state index is 13.5. The van der Waals surface area contributed by atoms with E-state index < -0.39 is 17.6 Å². The smallest absolute Gasteiger partial charge is 0.311 e. The summed E-state index contributed by atoms with van der Waals surface area (Å²) in [7, 11) is 0. The summed E-state index contributed by atoms with van der Waals surface area (Å²) in [5, 5.41) is 3.26. The van der Waals surface area contributed by atoms with Gasteiger partial charge in [0.05, 0.1) is 5.56 Å². The van der Waals surface area contributed by atoms with Crippen LogP contribution in [0.2, 0.25) is 0 Å². The van der Waals surface area contributed by atoms with Crippen LogP contribution in [0.5, 0.6) is 0 Å². The number of rotatable bonds is 4. The van der Waals surface area contributed by atoms with E-state index in [1.165, 1.54) is 6.07 Å². The summed E-state index contributed by atoms with van der Waals surface area (Å²) in [6.07, 6.45) is -4.65. The first-order valence-electron chi connectivity index (χ1n) is 6.25. The summed E-state index contributed by atoms with van der Waals surface area (Å²) in [4.78, 5) is 0. The second kappa shape index (κ2) is 5.90. The van der Waals surface area contributed by atoms with Crippen LogP contribution in [-0.2, 0) is 6.18 Å². The molecule has 0 radical (unpaired) electrons. The van der Waals surface area contributed by atoms with Crippen molar-refractivity contribution < 1.29 is 17.6 Å². The van der Waals surface area contributed by atoms with Crippen LogP contribution in [0.15, 0.2) is 18.2 Å². The first kappa shape index (κ1) is 16.0. The first-order valence-corrected chi connectivity index (χ1v) is 6.25. The zero-order valence-electron chi connectivity index (χ0n) is 11.5. The molecule has 0 heterocycles. The fourth-order valence-electron chi connectivity index (χ4n) is 2.00. The Hall–Kier alpha value is -1.10. The maximum absolute atomic E-state index is 13.5. The van der Waals surface area contributed by atoms with Crippen molar-refractivity contribution in [3.63, 3.8) is 0 Å². The molecule has 0 aliphatic carbocycles. The van der Waals surface area contributed by atoms with Gasteiger partial charge in [-0.15, -0.1) is 0 Å². The van der Waals surface area contributed by atoms with Gasteiger partial charge in [0.1, 0.15) is 5.82 Å². The van der Waals surface area contributed by atoms with Crippen LogP contribution < -0.4 is 5.32 Å². The summed E-state index contributed by atoms with van der Waals surface area (Å²) >= 11 is 0. The molecule has 2 unspecified atom stereocenters. The average molecular weight is 277 g/mol. The SMILES string of the molecule is CC(C)NC(C)C(C)c1ccc(C(F)(F)F)c(F)c1. The van der Waals surface area contributed by atoms with E-state index >= 15 is 0 Å². The molecule has 0 aliphatic heterocycles. The lowest BCUT2D eigenvalue weighted by Gasteiger charge is -2.24. The fraction of sp³-hybridized carbons (Fsp3) is 0.571. The summed E-state index contributed by atoms with van der Waals surface area (Å²) in [5.41, 5.74) is -0.654. The molecule has 1 aromatic carbocycles. The van der Waals surface area contributed by atoms with E-state index in [2.05, 4.69) is 5.32 Å². The summed E-state index contributed by atoms with van der Waals surface area (Å²) in [6.45, 7) is 7.76. The van der Waals surface area contributed by atoms with Crippen LogP contribution in [0.25, 0.3) is 0 Å². The zero-order chi connectivity index (χ0) is 14.8. The van der Waals surface area contributed by atoms with Gasteiger partial charge in [-0.1, -0.05) is 26.8 Å². The van der Waals surface area contributed by atoms with Gasteiger partial charge in [0.2, 0.25) is 0 Å². The molecule has 1 N–H and O–H groups in total. The van der Waals surface area contributed by atoms with Gasteiger partial charge in [0.25, 0.3) is 0 Å². The lowest BCUT2D eigenvalue weighted by molar-refractivity contribution is -0.140. The highest BCUT2D eigenvalue weighted by atomic mass is 19.4. The molecule has 0 bridgehead atoms. The van der Waals surface area contributed by atoms with E-state index in [1.807, 2.05) is 27.7 Å². The van der Waals surface area contributed by atoms with E-state index in [-0.39, 0.29) is 18.0 Å². The standard InChI is InChI=1S/C14H19F4N/c1-8(2)19-10(4)9(3)11-5-6-12(13(15)7-11)14(16,17)18/h5-10,19H,1-4H3. The highest BCUT2D eigenvalue weighted by Crippen LogP contribution is 2.33. The Morgan fingerprint density at radius 2 is 1.63 bits per heavy atom. The molecule has 1 rings (SSSR count). The van der Waals surface area contributed by atoms with Gasteiger partial charge in [-0.25, -0.2) is 4.39 Å². The lowest BCUT2D eigenvalue weighted by atomic mass is 9.93. The Balaban J connectivity index is 2.95. The Bertz CT molecular complexity index is 426. The number of hydrogen-bond donors (Lipinski definition) is 1. The molecule has 0 aliphatic rings. The third-order valence-corrected chi connectivity index (χ3v) is 3.17. The van der Waals surface area contributed by atoms with E-state index in [4.69, 9.17) is 0 Å². The van der Waals surface area contributed by atoms with Crippen LogP contribution in [0.3, 0.4) is 0 Å². The number of hydrogen-bond acceptors (Lipinski definition) is 1. The Kier molecular flexibility index (Phi) is 4.96. The summed E-state index contributed by atoms with van der Waals surface area (Å²) in [5.74, 6) is -1.28. The van der Waals surface area contributed by atoms with Crippen molar-refractivity contribution in [2.75, 3.05) is 0 Å². The van der Waals surface area contributed by atoms with E-state index in [0.717, 1.165) is 12.1 Å². The minimum Gasteiger partial charge on any atom is -0.311 e. The third kappa shape index (κ3) is 4.20. The second-order valence-corrected chi connectivity index (χ2v) is 5.14. The predicted molar refractivity (Wildman–Crippen MR) is 67.6 cm³/mol. The molecule has 0 saturated heterocycles. The number of halogens is 4. The predicted octanol–water partition coefficient (Wildman–Crippen LogP) is 4.33. The molecule has 19 heavy (non-hydrogen) atoms. The summed E-state index contributed by atoms with van der Waals surface area (Å²) < 4.78 is 50.9. The topological polar surface area (TPSA) is 12.0 Å². The van der Waals surface area contributed by atoms with Crippen molar-refractivity contribution in [1.29, 1.82) is 0 Å². The van der Waals surface area contributed by atoms with Gasteiger partial charge in [-0.2, -0.15) is 13.2 Å². The molecular formula is C14H19F4N. The molecule has 0 spiro atoms. The molecular weight excluding hydrogens is 258 g/mol. The molecule has 2 atom stereocenters. The average Bonchev–Trinajstić information content (AvgIpc) is 2.25. The highest BCUT2D eigenvalue weighted by molar-refractivity contribution is 5.29. The molecule has 1 aromatic rings. The van der Waals surface area contributed by atoms with Gasteiger partial charge < -0.3 is 5.32 Å². The van der Waals surface area contributed by atoms with Crippen molar-refractivity contribution in [2.24, 2.45) is 0 Å². The molecule has 108 valence electrons. The molecule has 0 aromatic heterocycles. The van der Waals surface area contributed by atoms with E-state index in [9.17, 15) is 17.6 Å². The Morgan fingerprint density at radius 1 is 1.05 bits per heavy atom. The maximum Gasteiger partial charge on any atom is 0.419 e. The molecule has 0 amide bonds. The lowest BCUT2D eigenvalue weighted by Crippen LogP contribution is -2.36. The van der Waals surface area contributed by atoms with Crippen LogP contribution in [-0.4, -0.2) is 12.1 Å². The third-order valence-electron chi connectivity index (χ3n) is 3.17. The zero-order valence-corrected chi connectivity index (χ0v) is 11.5. The van der Waals surface area contributed by atoms with Crippen molar-refractivity contribution in [1.82, 2.24) is 5.32 Å². The van der Waals surface area contributed by atoms with Gasteiger partial charge in [0, 0.05) is 12.1 Å². The van der Waals surface area contributed by atoms with E-state index in [0.29, 0.717) is 5.56 Å². The number of alkyl halides is 3. The highest BCUT2D eigenvalue weighted by Gasteiger charge is 2.34. The normalized spacial score (nSPS) is 15.6. The molecule has 5 heteroatoms. The Morgan fingerprint density at radius 3 is 2.05 bits per heavy atom. The van der Waals surface area contributed by atoms with Crippen LogP contribution in [0.4, 0.5) is 17.6 Å². The van der Waals surface area contributed by atoms with Crippen molar-refractivity contribution in [3.05, 3.63) is 35.1 Å². The van der Waals surface area contributed by atoms with Gasteiger partial charge in [0.15, 0.2) is 0 Å².